The molecule has 1 amide bonds. The van der Waals surface area contributed by atoms with E-state index in [1.807, 2.05) is 36.9 Å². The number of likely N-dealkylation sites (N-methyl/N-ethyl adjacent to an activating group) is 1. The highest BCUT2D eigenvalue weighted by Crippen LogP contribution is 2.21. The Morgan fingerprint density at radius 2 is 2.18 bits per heavy atom. The van der Waals surface area contributed by atoms with E-state index >= 15 is 0 Å². The van der Waals surface area contributed by atoms with Crippen molar-refractivity contribution in [1.82, 2.24) is 4.90 Å². The molecule has 1 fully saturated rings. The third-order valence-electron chi connectivity index (χ3n) is 3.92. The highest BCUT2D eigenvalue weighted by atomic mass is 79.9. The van der Waals surface area contributed by atoms with Gasteiger partial charge in [0.25, 0.3) is 0 Å². The predicted molar refractivity (Wildman–Crippen MR) is 91.8 cm³/mol. The molecule has 122 valence electrons. The van der Waals surface area contributed by atoms with Crippen molar-refractivity contribution in [2.45, 2.75) is 26.3 Å². The van der Waals surface area contributed by atoms with Crippen molar-refractivity contribution in [2.75, 3.05) is 29.9 Å². The average molecular weight is 389 g/mol. The Balaban J connectivity index is 1.96. The fourth-order valence-electron chi connectivity index (χ4n) is 2.67. The SMILES string of the molecule is CCN(CC(=O)Nc1ccc(Br)c(C)c1)C1CCS(=O)(=O)C1. The summed E-state index contributed by atoms with van der Waals surface area (Å²) < 4.78 is 24.1. The summed E-state index contributed by atoms with van der Waals surface area (Å²) in [5.74, 6) is 0.264. The van der Waals surface area contributed by atoms with Crippen LogP contribution in [0.4, 0.5) is 5.69 Å². The monoisotopic (exact) mass is 388 g/mol. The zero-order valence-corrected chi connectivity index (χ0v) is 15.2. The van der Waals surface area contributed by atoms with Crippen LogP contribution < -0.4 is 5.32 Å². The second-order valence-corrected chi connectivity index (χ2v) is 8.72. The van der Waals surface area contributed by atoms with Gasteiger partial charge in [-0.2, -0.15) is 0 Å². The van der Waals surface area contributed by atoms with Crippen molar-refractivity contribution >= 4 is 37.4 Å². The molecule has 1 unspecified atom stereocenters. The van der Waals surface area contributed by atoms with Crippen molar-refractivity contribution < 1.29 is 13.2 Å². The molecule has 0 aromatic heterocycles. The molecule has 1 aliphatic rings. The predicted octanol–water partition coefficient (Wildman–Crippen LogP) is 2.21. The third-order valence-corrected chi connectivity index (χ3v) is 6.56. The van der Waals surface area contributed by atoms with Crippen molar-refractivity contribution in [3.8, 4) is 0 Å². The summed E-state index contributed by atoms with van der Waals surface area (Å²) in [6.45, 7) is 4.78. The van der Waals surface area contributed by atoms with Crippen LogP contribution in [0.25, 0.3) is 0 Å². The van der Waals surface area contributed by atoms with Gasteiger partial charge in [-0.25, -0.2) is 8.42 Å². The lowest BCUT2D eigenvalue weighted by Gasteiger charge is -2.25. The number of carbonyl (C=O) groups excluding carboxylic acids is 1. The molecule has 0 bridgehead atoms. The number of amides is 1. The van der Waals surface area contributed by atoms with Crippen molar-refractivity contribution in [1.29, 1.82) is 0 Å². The molecule has 1 saturated heterocycles. The number of nitrogens with zero attached hydrogens (tertiary/aromatic N) is 1. The highest BCUT2D eigenvalue weighted by molar-refractivity contribution is 9.10. The molecule has 7 heteroatoms. The number of anilines is 1. The van der Waals surface area contributed by atoms with E-state index in [9.17, 15) is 13.2 Å². The smallest absolute Gasteiger partial charge is 0.238 e. The third kappa shape index (κ3) is 4.54. The normalized spacial score (nSPS) is 20.3. The van der Waals surface area contributed by atoms with E-state index in [0.29, 0.717) is 13.0 Å². The number of aryl methyl sites for hydroxylation is 1. The first kappa shape index (κ1) is 17.4. The number of rotatable bonds is 5. The van der Waals surface area contributed by atoms with Crippen molar-refractivity contribution in [3.63, 3.8) is 0 Å². The maximum atomic E-state index is 12.2. The summed E-state index contributed by atoms with van der Waals surface area (Å²) in [7, 11) is -2.93. The van der Waals surface area contributed by atoms with Crippen LogP contribution in [-0.2, 0) is 14.6 Å². The molecule has 0 radical (unpaired) electrons. The molecule has 1 aromatic carbocycles. The Kier molecular flexibility index (Phi) is 5.63. The summed E-state index contributed by atoms with van der Waals surface area (Å²) in [5.41, 5.74) is 1.80. The molecule has 1 atom stereocenters. The number of halogens is 1. The lowest BCUT2D eigenvalue weighted by Crippen LogP contribution is -2.41. The zero-order chi connectivity index (χ0) is 16.3. The number of benzene rings is 1. The Labute approximate surface area is 140 Å². The molecule has 0 spiro atoms. The number of hydrogen-bond acceptors (Lipinski definition) is 4. The Bertz CT molecular complexity index is 661. The molecular formula is C15H21BrN2O3S. The standard InChI is InChI=1S/C15H21BrN2O3S/c1-3-18(13-6-7-22(20,21)10-13)9-15(19)17-12-4-5-14(16)11(2)8-12/h4-5,8,13H,3,6-7,9-10H2,1-2H3,(H,17,19). The van der Waals surface area contributed by atoms with E-state index in [2.05, 4.69) is 21.2 Å². The number of sulfone groups is 1. The number of carbonyl (C=O) groups is 1. The van der Waals surface area contributed by atoms with Gasteiger partial charge < -0.3 is 5.32 Å². The highest BCUT2D eigenvalue weighted by Gasteiger charge is 2.32. The number of hydrogen-bond donors (Lipinski definition) is 1. The molecule has 2 rings (SSSR count). The minimum absolute atomic E-state index is 0.0487. The summed E-state index contributed by atoms with van der Waals surface area (Å²) in [4.78, 5) is 14.1. The van der Waals surface area contributed by atoms with Crippen molar-refractivity contribution in [2.24, 2.45) is 0 Å². The second-order valence-electron chi connectivity index (χ2n) is 5.63. The number of nitrogens with one attached hydrogen (secondary N) is 1. The van der Waals surface area contributed by atoms with Crippen LogP contribution in [-0.4, -0.2) is 49.9 Å². The topological polar surface area (TPSA) is 66.5 Å². The van der Waals surface area contributed by atoms with Crippen LogP contribution in [0.2, 0.25) is 0 Å². The second kappa shape index (κ2) is 7.10. The maximum absolute atomic E-state index is 12.2. The van der Waals surface area contributed by atoms with E-state index in [4.69, 9.17) is 0 Å². The van der Waals surface area contributed by atoms with Gasteiger partial charge in [0.2, 0.25) is 5.91 Å². The molecule has 1 aromatic rings. The first-order chi connectivity index (χ1) is 10.3. The van der Waals surface area contributed by atoms with Gasteiger partial charge in [-0.1, -0.05) is 22.9 Å². The fourth-order valence-corrected chi connectivity index (χ4v) is 4.68. The van der Waals surface area contributed by atoms with Gasteiger partial charge in [0, 0.05) is 16.2 Å². The van der Waals surface area contributed by atoms with Gasteiger partial charge in [0.15, 0.2) is 9.84 Å². The molecule has 22 heavy (non-hydrogen) atoms. The van der Waals surface area contributed by atoms with Crippen LogP contribution in [0, 0.1) is 6.92 Å². The molecule has 0 saturated carbocycles. The van der Waals surface area contributed by atoms with Crippen LogP contribution >= 0.6 is 15.9 Å². The van der Waals surface area contributed by atoms with E-state index in [0.717, 1.165) is 15.7 Å². The van der Waals surface area contributed by atoms with Crippen LogP contribution in [0.3, 0.4) is 0 Å². The summed E-state index contributed by atoms with van der Waals surface area (Å²) in [5, 5.41) is 2.87. The summed E-state index contributed by atoms with van der Waals surface area (Å²) >= 11 is 3.42. The fraction of sp³-hybridized carbons (Fsp3) is 0.533. The molecular weight excluding hydrogens is 368 g/mol. The van der Waals surface area contributed by atoms with Crippen molar-refractivity contribution in [3.05, 3.63) is 28.2 Å². The quantitative estimate of drug-likeness (QED) is 0.839. The van der Waals surface area contributed by atoms with Crippen LogP contribution in [0.15, 0.2) is 22.7 Å². The Morgan fingerprint density at radius 3 is 2.73 bits per heavy atom. The van der Waals surface area contributed by atoms with Gasteiger partial charge in [0.05, 0.1) is 18.1 Å². The van der Waals surface area contributed by atoms with Crippen LogP contribution in [0.5, 0.6) is 0 Å². The first-order valence-electron chi connectivity index (χ1n) is 7.31. The molecule has 0 aliphatic carbocycles. The minimum atomic E-state index is -2.93. The minimum Gasteiger partial charge on any atom is -0.325 e. The molecule has 1 aliphatic heterocycles. The lowest BCUT2D eigenvalue weighted by molar-refractivity contribution is -0.117. The van der Waals surface area contributed by atoms with E-state index in [1.165, 1.54) is 0 Å². The Morgan fingerprint density at radius 1 is 1.45 bits per heavy atom. The molecule has 1 heterocycles. The van der Waals surface area contributed by atoms with E-state index < -0.39 is 9.84 Å². The lowest BCUT2D eigenvalue weighted by atomic mass is 10.2. The summed E-state index contributed by atoms with van der Waals surface area (Å²) in [6, 6.07) is 5.59. The summed E-state index contributed by atoms with van der Waals surface area (Å²) in [6.07, 6.45) is 0.612. The van der Waals surface area contributed by atoms with Gasteiger partial charge in [0.1, 0.15) is 0 Å². The van der Waals surface area contributed by atoms with Gasteiger partial charge in [-0.15, -0.1) is 0 Å². The molecule has 1 N–H and O–H groups in total. The van der Waals surface area contributed by atoms with Gasteiger partial charge in [-0.05, 0) is 43.7 Å². The van der Waals surface area contributed by atoms with E-state index in [-0.39, 0.29) is 30.0 Å². The van der Waals surface area contributed by atoms with E-state index in [1.54, 1.807) is 0 Å². The Hall–Kier alpha value is -0.920. The van der Waals surface area contributed by atoms with Gasteiger partial charge >= 0.3 is 0 Å². The van der Waals surface area contributed by atoms with Crippen LogP contribution in [0.1, 0.15) is 18.9 Å². The first-order valence-corrected chi connectivity index (χ1v) is 9.92. The largest absolute Gasteiger partial charge is 0.325 e. The van der Waals surface area contributed by atoms with Gasteiger partial charge in [-0.3, -0.25) is 9.69 Å². The zero-order valence-electron chi connectivity index (χ0n) is 12.8. The average Bonchev–Trinajstić information content (AvgIpc) is 2.80. The molecule has 5 nitrogen and oxygen atoms in total. The maximum Gasteiger partial charge on any atom is 0.238 e.